The summed E-state index contributed by atoms with van der Waals surface area (Å²) in [4.78, 5) is 12.0. The van der Waals surface area contributed by atoms with Crippen LogP contribution in [-0.2, 0) is 6.42 Å². The molecule has 100 valence electrons. The Morgan fingerprint density at radius 2 is 2.00 bits per heavy atom. The van der Waals surface area contributed by atoms with Crippen molar-refractivity contribution in [2.24, 2.45) is 5.73 Å². The number of anilines is 1. The average Bonchev–Trinajstić information content (AvgIpc) is 2.83. The Morgan fingerprint density at radius 3 is 2.68 bits per heavy atom. The number of furan rings is 1. The van der Waals surface area contributed by atoms with E-state index in [1.165, 1.54) is 5.56 Å². The summed E-state index contributed by atoms with van der Waals surface area (Å²) in [7, 11) is 0. The highest BCUT2D eigenvalue weighted by Crippen LogP contribution is 2.16. The first-order valence-electron chi connectivity index (χ1n) is 6.27. The zero-order valence-corrected chi connectivity index (χ0v) is 11.2. The minimum absolute atomic E-state index is 0.244. The molecule has 0 aliphatic carbocycles. The van der Waals surface area contributed by atoms with Gasteiger partial charge in [0.15, 0.2) is 5.76 Å². The van der Waals surface area contributed by atoms with Gasteiger partial charge in [0.25, 0.3) is 5.91 Å². The normalized spacial score (nSPS) is 10.5. The molecule has 1 aromatic carbocycles. The number of aryl methyl sites for hydroxylation is 2. The molecule has 4 heteroatoms. The summed E-state index contributed by atoms with van der Waals surface area (Å²) in [6, 6.07) is 9.25. The van der Waals surface area contributed by atoms with Gasteiger partial charge in [-0.3, -0.25) is 4.79 Å². The van der Waals surface area contributed by atoms with E-state index in [4.69, 9.17) is 10.2 Å². The van der Waals surface area contributed by atoms with Crippen LogP contribution in [0.25, 0.3) is 0 Å². The summed E-state index contributed by atoms with van der Waals surface area (Å²) in [6.07, 6.45) is 0.636. The van der Waals surface area contributed by atoms with Gasteiger partial charge in [0.2, 0.25) is 0 Å². The molecule has 0 aliphatic heterocycles. The minimum atomic E-state index is -0.244. The lowest BCUT2D eigenvalue weighted by Gasteiger charge is -2.06. The fraction of sp³-hybridized carbons (Fsp3) is 0.267. The van der Waals surface area contributed by atoms with Crippen molar-refractivity contribution >= 4 is 11.6 Å². The van der Waals surface area contributed by atoms with Crippen molar-refractivity contribution in [2.45, 2.75) is 20.3 Å². The molecule has 0 aliphatic rings. The number of hydrogen-bond donors (Lipinski definition) is 2. The van der Waals surface area contributed by atoms with E-state index in [0.717, 1.165) is 17.0 Å². The van der Waals surface area contributed by atoms with Gasteiger partial charge in [0.1, 0.15) is 5.76 Å². The van der Waals surface area contributed by atoms with Crippen molar-refractivity contribution in [3.8, 4) is 0 Å². The highest BCUT2D eigenvalue weighted by atomic mass is 16.3. The molecule has 1 heterocycles. The standard InChI is InChI=1S/C15H18N2O2/c1-10-3-4-12(9-11(10)2)17-15(18)14-6-5-13(19-14)7-8-16/h3-6,9H,7-8,16H2,1-2H3,(H,17,18). The maximum Gasteiger partial charge on any atom is 0.291 e. The SMILES string of the molecule is Cc1ccc(NC(=O)c2ccc(CCN)o2)cc1C. The molecule has 1 aromatic heterocycles. The van der Waals surface area contributed by atoms with Gasteiger partial charge in [-0.25, -0.2) is 0 Å². The van der Waals surface area contributed by atoms with Crippen LogP contribution in [-0.4, -0.2) is 12.5 Å². The van der Waals surface area contributed by atoms with Crippen LogP contribution in [0.4, 0.5) is 5.69 Å². The molecule has 2 rings (SSSR count). The van der Waals surface area contributed by atoms with Gasteiger partial charge in [0.05, 0.1) is 0 Å². The Kier molecular flexibility index (Phi) is 4.02. The number of rotatable bonds is 4. The molecule has 4 nitrogen and oxygen atoms in total. The van der Waals surface area contributed by atoms with Crippen molar-refractivity contribution in [1.29, 1.82) is 0 Å². The van der Waals surface area contributed by atoms with Gasteiger partial charge >= 0.3 is 0 Å². The van der Waals surface area contributed by atoms with Gasteiger partial charge in [0, 0.05) is 12.1 Å². The highest BCUT2D eigenvalue weighted by molar-refractivity contribution is 6.02. The lowest BCUT2D eigenvalue weighted by molar-refractivity contribution is 0.0995. The van der Waals surface area contributed by atoms with Crippen LogP contribution in [0.2, 0.25) is 0 Å². The lowest BCUT2D eigenvalue weighted by atomic mass is 10.1. The Hall–Kier alpha value is -2.07. The molecular formula is C15H18N2O2. The Bertz CT molecular complexity index is 588. The van der Waals surface area contributed by atoms with E-state index in [0.29, 0.717) is 18.7 Å². The molecule has 19 heavy (non-hydrogen) atoms. The maximum absolute atomic E-state index is 12.0. The van der Waals surface area contributed by atoms with E-state index in [9.17, 15) is 4.79 Å². The maximum atomic E-state index is 12.0. The third kappa shape index (κ3) is 3.23. The van der Waals surface area contributed by atoms with Gasteiger partial charge < -0.3 is 15.5 Å². The summed E-state index contributed by atoms with van der Waals surface area (Å²) in [6.45, 7) is 4.55. The third-order valence-corrected chi connectivity index (χ3v) is 3.04. The van der Waals surface area contributed by atoms with Gasteiger partial charge in [-0.1, -0.05) is 6.07 Å². The van der Waals surface area contributed by atoms with Gasteiger partial charge in [-0.15, -0.1) is 0 Å². The fourth-order valence-electron chi connectivity index (χ4n) is 1.79. The van der Waals surface area contributed by atoms with Gasteiger partial charge in [-0.2, -0.15) is 0 Å². The molecule has 0 saturated heterocycles. The van der Waals surface area contributed by atoms with Crippen LogP contribution in [0, 0.1) is 13.8 Å². The summed E-state index contributed by atoms with van der Waals surface area (Å²) < 4.78 is 5.42. The molecule has 0 radical (unpaired) electrons. The summed E-state index contributed by atoms with van der Waals surface area (Å²) in [5.41, 5.74) is 8.54. The molecule has 0 fully saturated rings. The first kappa shape index (κ1) is 13.4. The number of hydrogen-bond acceptors (Lipinski definition) is 3. The van der Waals surface area contributed by atoms with Crippen LogP contribution >= 0.6 is 0 Å². The second-order valence-corrected chi connectivity index (χ2v) is 4.56. The van der Waals surface area contributed by atoms with E-state index in [1.807, 2.05) is 32.0 Å². The summed E-state index contributed by atoms with van der Waals surface area (Å²) in [5.74, 6) is 0.793. The van der Waals surface area contributed by atoms with Crippen molar-refractivity contribution in [1.82, 2.24) is 0 Å². The monoisotopic (exact) mass is 258 g/mol. The topological polar surface area (TPSA) is 68.3 Å². The zero-order valence-electron chi connectivity index (χ0n) is 11.2. The number of carbonyl (C=O) groups excluding carboxylic acids is 1. The lowest BCUT2D eigenvalue weighted by Crippen LogP contribution is -2.11. The Morgan fingerprint density at radius 1 is 1.21 bits per heavy atom. The fourth-order valence-corrected chi connectivity index (χ4v) is 1.79. The summed E-state index contributed by atoms with van der Waals surface area (Å²) in [5, 5.41) is 2.82. The Balaban J connectivity index is 2.09. The number of nitrogens with two attached hydrogens (primary N) is 1. The molecule has 0 spiro atoms. The van der Waals surface area contributed by atoms with Crippen molar-refractivity contribution in [3.05, 3.63) is 53.0 Å². The smallest absolute Gasteiger partial charge is 0.291 e. The predicted molar refractivity (Wildman–Crippen MR) is 75.3 cm³/mol. The second-order valence-electron chi connectivity index (χ2n) is 4.56. The van der Waals surface area contributed by atoms with E-state index in [1.54, 1.807) is 12.1 Å². The van der Waals surface area contributed by atoms with E-state index >= 15 is 0 Å². The molecule has 1 amide bonds. The molecular weight excluding hydrogens is 240 g/mol. The number of benzene rings is 1. The van der Waals surface area contributed by atoms with Crippen molar-refractivity contribution in [3.63, 3.8) is 0 Å². The zero-order chi connectivity index (χ0) is 13.8. The van der Waals surface area contributed by atoms with Crippen LogP contribution in [0.5, 0.6) is 0 Å². The van der Waals surface area contributed by atoms with Crippen molar-refractivity contribution < 1.29 is 9.21 Å². The molecule has 2 aromatic rings. The molecule has 0 saturated carbocycles. The molecule has 0 bridgehead atoms. The van der Waals surface area contributed by atoms with Gasteiger partial charge in [-0.05, 0) is 55.8 Å². The number of nitrogens with one attached hydrogen (secondary N) is 1. The largest absolute Gasteiger partial charge is 0.456 e. The van der Waals surface area contributed by atoms with Crippen LogP contribution < -0.4 is 11.1 Å². The quantitative estimate of drug-likeness (QED) is 0.885. The van der Waals surface area contributed by atoms with E-state index < -0.39 is 0 Å². The van der Waals surface area contributed by atoms with E-state index in [-0.39, 0.29) is 5.91 Å². The second kappa shape index (κ2) is 5.71. The Labute approximate surface area is 112 Å². The molecule has 0 atom stereocenters. The highest BCUT2D eigenvalue weighted by Gasteiger charge is 2.11. The first-order chi connectivity index (χ1) is 9.10. The number of amides is 1. The van der Waals surface area contributed by atoms with Crippen LogP contribution in [0.15, 0.2) is 34.7 Å². The molecule has 3 N–H and O–H groups in total. The average molecular weight is 258 g/mol. The molecule has 0 unspecified atom stereocenters. The van der Waals surface area contributed by atoms with Crippen LogP contribution in [0.3, 0.4) is 0 Å². The first-order valence-corrected chi connectivity index (χ1v) is 6.27. The van der Waals surface area contributed by atoms with Crippen molar-refractivity contribution in [2.75, 3.05) is 11.9 Å². The summed E-state index contributed by atoms with van der Waals surface area (Å²) >= 11 is 0. The predicted octanol–water partition coefficient (Wildman–Crippen LogP) is 2.65. The minimum Gasteiger partial charge on any atom is -0.456 e. The number of carbonyl (C=O) groups is 1. The van der Waals surface area contributed by atoms with E-state index in [2.05, 4.69) is 5.32 Å². The van der Waals surface area contributed by atoms with Crippen LogP contribution in [0.1, 0.15) is 27.4 Å². The third-order valence-electron chi connectivity index (χ3n) is 3.04.